The highest BCUT2D eigenvalue weighted by molar-refractivity contribution is 5.70. The van der Waals surface area contributed by atoms with Gasteiger partial charge in [0.1, 0.15) is 19.3 Å². The molecule has 6 nitrogen and oxygen atoms in total. The van der Waals surface area contributed by atoms with Crippen LogP contribution in [0.3, 0.4) is 0 Å². The lowest BCUT2D eigenvalue weighted by Crippen LogP contribution is -2.25. The number of rotatable bonds is 31. The zero-order valence-corrected chi connectivity index (χ0v) is 29.2. The highest BCUT2D eigenvalue weighted by Crippen LogP contribution is 2.13. The number of hydrogen-bond donors (Lipinski definition) is 2. The van der Waals surface area contributed by atoms with E-state index in [0.29, 0.717) is 19.3 Å². The summed E-state index contributed by atoms with van der Waals surface area (Å²) in [7, 11) is 0. The second-order valence-corrected chi connectivity index (χ2v) is 11.8. The Kier molecular flexibility index (Phi) is 33.1. The first-order valence-corrected chi connectivity index (χ1v) is 18.1. The smallest absolute Gasteiger partial charge is 0.306 e. The van der Waals surface area contributed by atoms with Gasteiger partial charge in [-0.2, -0.15) is 0 Å². The third-order valence-electron chi connectivity index (χ3n) is 7.30. The van der Waals surface area contributed by atoms with Crippen molar-refractivity contribution in [2.24, 2.45) is 0 Å². The Balaban J connectivity index is 3.72. The van der Waals surface area contributed by atoms with Crippen LogP contribution >= 0.6 is 0 Å². The average molecular weight is 643 g/mol. The van der Waals surface area contributed by atoms with Crippen molar-refractivity contribution in [3.63, 3.8) is 0 Å². The van der Waals surface area contributed by atoms with Crippen molar-refractivity contribution in [3.05, 3.63) is 72.9 Å². The van der Waals surface area contributed by atoms with Crippen LogP contribution in [0.25, 0.3) is 0 Å². The van der Waals surface area contributed by atoms with E-state index in [2.05, 4.69) is 50.3 Å². The van der Waals surface area contributed by atoms with E-state index in [4.69, 9.17) is 9.47 Å². The van der Waals surface area contributed by atoms with Crippen molar-refractivity contribution in [2.45, 2.75) is 154 Å². The van der Waals surface area contributed by atoms with E-state index in [0.717, 1.165) is 44.9 Å². The quantitative estimate of drug-likeness (QED) is 0.0338. The molecular formula is C40H66O6. The first-order chi connectivity index (χ1) is 22.5. The number of unbranched alkanes of at least 4 members (excludes halogenated alkanes) is 11. The molecule has 0 spiro atoms. The summed E-state index contributed by atoms with van der Waals surface area (Å²) in [5, 5.41) is 20.0. The second kappa shape index (κ2) is 35.2. The lowest BCUT2D eigenvalue weighted by Gasteiger charge is -2.12. The van der Waals surface area contributed by atoms with E-state index >= 15 is 0 Å². The minimum atomic E-state index is -1.03. The summed E-state index contributed by atoms with van der Waals surface area (Å²) < 4.78 is 10.2. The fourth-order valence-corrected chi connectivity index (χ4v) is 4.55. The van der Waals surface area contributed by atoms with Gasteiger partial charge in [-0.3, -0.25) is 9.59 Å². The maximum atomic E-state index is 11.9. The summed E-state index contributed by atoms with van der Waals surface area (Å²) in [4.78, 5) is 23.8. The average Bonchev–Trinajstić information content (AvgIpc) is 3.05. The van der Waals surface area contributed by atoms with Crippen LogP contribution in [0.15, 0.2) is 72.9 Å². The Labute approximate surface area is 281 Å². The van der Waals surface area contributed by atoms with Crippen molar-refractivity contribution in [2.75, 3.05) is 13.2 Å². The molecule has 0 heterocycles. The molecule has 2 N–H and O–H groups in total. The standard InChI is InChI=1S/C40H66O6/c1-3-5-7-9-11-13-15-17-18-20-22-24-27-31-37(41)32-28-26-30-34-40(44)46-36-38(42)35-45-39(43)33-29-25-23-21-19-16-14-12-10-8-6-4-2/h5,7,11,13,17-18,22,24,26-28,31,37-38,41-42H,3-4,6,8-10,12,14-16,19-21,23,25,29-30,32-36H2,1-2H3/b7-5-,13-11-,18-17-,24-22-,28-26-,31-27-/t37?,38-/m1/s1. The summed E-state index contributed by atoms with van der Waals surface area (Å²) in [6.07, 6.45) is 42.7. The summed E-state index contributed by atoms with van der Waals surface area (Å²) in [6.45, 7) is 4.01. The lowest BCUT2D eigenvalue weighted by molar-refractivity contribution is -0.152. The number of esters is 2. The fraction of sp³-hybridized carbons (Fsp3) is 0.650. The van der Waals surface area contributed by atoms with Gasteiger partial charge in [0.2, 0.25) is 0 Å². The van der Waals surface area contributed by atoms with Gasteiger partial charge in [-0.15, -0.1) is 0 Å². The molecule has 0 radical (unpaired) electrons. The Morgan fingerprint density at radius 1 is 0.565 bits per heavy atom. The van der Waals surface area contributed by atoms with Crippen LogP contribution in [-0.4, -0.2) is 47.6 Å². The van der Waals surface area contributed by atoms with Gasteiger partial charge < -0.3 is 19.7 Å². The van der Waals surface area contributed by atoms with Gasteiger partial charge in [0, 0.05) is 12.8 Å². The number of aliphatic hydroxyl groups excluding tert-OH is 2. The van der Waals surface area contributed by atoms with Gasteiger partial charge in [-0.1, -0.05) is 157 Å². The Hall–Kier alpha value is -2.70. The Bertz CT molecular complexity index is 882. The van der Waals surface area contributed by atoms with Crippen molar-refractivity contribution in [1.82, 2.24) is 0 Å². The number of carbonyl (C=O) groups excluding carboxylic acids is 2. The first kappa shape index (κ1) is 43.3. The van der Waals surface area contributed by atoms with Crippen LogP contribution in [0.1, 0.15) is 142 Å². The molecule has 0 fully saturated rings. The zero-order valence-electron chi connectivity index (χ0n) is 29.2. The van der Waals surface area contributed by atoms with Gasteiger partial charge >= 0.3 is 11.9 Å². The third-order valence-corrected chi connectivity index (χ3v) is 7.30. The maximum absolute atomic E-state index is 11.9. The van der Waals surface area contributed by atoms with Gasteiger partial charge in [-0.05, 0) is 44.9 Å². The highest BCUT2D eigenvalue weighted by Gasteiger charge is 2.11. The van der Waals surface area contributed by atoms with E-state index in [9.17, 15) is 19.8 Å². The van der Waals surface area contributed by atoms with Crippen molar-refractivity contribution in [3.8, 4) is 0 Å². The molecule has 0 aliphatic carbocycles. The van der Waals surface area contributed by atoms with Crippen LogP contribution in [0, 0.1) is 0 Å². The normalized spacial score (nSPS) is 13.7. The molecule has 262 valence electrons. The molecule has 2 atom stereocenters. The molecule has 0 aliphatic rings. The molecule has 6 heteroatoms. The van der Waals surface area contributed by atoms with Gasteiger partial charge in [0.15, 0.2) is 0 Å². The molecule has 46 heavy (non-hydrogen) atoms. The minimum absolute atomic E-state index is 0.170. The van der Waals surface area contributed by atoms with E-state index in [1.165, 1.54) is 57.8 Å². The van der Waals surface area contributed by atoms with Crippen LogP contribution < -0.4 is 0 Å². The summed E-state index contributed by atoms with van der Waals surface area (Å²) in [6, 6.07) is 0. The number of ether oxygens (including phenoxy) is 2. The zero-order chi connectivity index (χ0) is 33.8. The number of allylic oxidation sites excluding steroid dienone is 10. The summed E-state index contributed by atoms with van der Waals surface area (Å²) in [5.74, 6) is -0.746. The SMILES string of the molecule is CC/C=C\C/C=C\C/C=C\C/C=C\C=C/C(O)C/C=C\CCC(=O)OC[C@H](O)COC(=O)CCCCCCCCCCCCCC. The van der Waals surface area contributed by atoms with E-state index < -0.39 is 18.2 Å². The molecule has 0 aromatic carbocycles. The van der Waals surface area contributed by atoms with Gasteiger partial charge in [0.05, 0.1) is 6.10 Å². The lowest BCUT2D eigenvalue weighted by atomic mass is 10.0. The molecule has 0 rings (SSSR count). The number of aliphatic hydroxyl groups is 2. The Morgan fingerprint density at radius 3 is 1.63 bits per heavy atom. The van der Waals surface area contributed by atoms with Crippen molar-refractivity contribution in [1.29, 1.82) is 0 Å². The largest absolute Gasteiger partial charge is 0.463 e. The van der Waals surface area contributed by atoms with Gasteiger partial charge in [-0.25, -0.2) is 0 Å². The molecule has 0 amide bonds. The third kappa shape index (κ3) is 34.2. The van der Waals surface area contributed by atoms with Crippen LogP contribution in [0.2, 0.25) is 0 Å². The van der Waals surface area contributed by atoms with Crippen molar-refractivity contribution >= 4 is 11.9 Å². The maximum Gasteiger partial charge on any atom is 0.306 e. The minimum Gasteiger partial charge on any atom is -0.463 e. The second-order valence-electron chi connectivity index (χ2n) is 11.8. The molecule has 0 saturated carbocycles. The van der Waals surface area contributed by atoms with Crippen LogP contribution in [-0.2, 0) is 19.1 Å². The number of carbonyl (C=O) groups is 2. The molecule has 0 aromatic heterocycles. The van der Waals surface area contributed by atoms with Crippen molar-refractivity contribution < 1.29 is 29.3 Å². The Morgan fingerprint density at radius 2 is 1.07 bits per heavy atom. The molecule has 1 unspecified atom stereocenters. The fourth-order valence-electron chi connectivity index (χ4n) is 4.55. The molecule has 0 aliphatic heterocycles. The molecule has 0 bridgehead atoms. The van der Waals surface area contributed by atoms with Crippen LogP contribution in [0.5, 0.6) is 0 Å². The van der Waals surface area contributed by atoms with E-state index in [1.54, 1.807) is 6.08 Å². The highest BCUT2D eigenvalue weighted by atomic mass is 16.6. The number of hydrogen-bond acceptors (Lipinski definition) is 6. The molecular weight excluding hydrogens is 576 g/mol. The van der Waals surface area contributed by atoms with Crippen LogP contribution in [0.4, 0.5) is 0 Å². The van der Waals surface area contributed by atoms with Gasteiger partial charge in [0.25, 0.3) is 0 Å². The van der Waals surface area contributed by atoms with E-state index in [-0.39, 0.29) is 25.6 Å². The topological polar surface area (TPSA) is 93.1 Å². The summed E-state index contributed by atoms with van der Waals surface area (Å²) >= 11 is 0. The summed E-state index contributed by atoms with van der Waals surface area (Å²) in [5.41, 5.74) is 0. The predicted molar refractivity (Wildman–Crippen MR) is 192 cm³/mol. The molecule has 0 saturated heterocycles. The first-order valence-electron chi connectivity index (χ1n) is 18.1. The predicted octanol–water partition coefficient (Wildman–Crippen LogP) is 9.97. The van der Waals surface area contributed by atoms with E-state index in [1.807, 2.05) is 30.4 Å². The molecule has 0 aromatic rings. The monoisotopic (exact) mass is 642 g/mol.